The Morgan fingerprint density at radius 2 is 1.73 bits per heavy atom. The Morgan fingerprint density at radius 3 is 2.27 bits per heavy atom. The minimum Gasteiger partial charge on any atom is -0.458 e. The van der Waals surface area contributed by atoms with Crippen LogP contribution in [-0.4, -0.2) is 79.8 Å². The van der Waals surface area contributed by atoms with Crippen LogP contribution in [0.15, 0.2) is 41.5 Å². The van der Waals surface area contributed by atoms with Crippen LogP contribution in [0.2, 0.25) is 0 Å². The maximum absolute atomic E-state index is 14.9. The largest absolute Gasteiger partial charge is 0.458 e. The highest BCUT2D eigenvalue weighted by Gasteiger charge is 2.75. The van der Waals surface area contributed by atoms with E-state index < -0.39 is 70.7 Å². The van der Waals surface area contributed by atoms with Gasteiger partial charge in [-0.1, -0.05) is 32.0 Å². The monoisotopic (exact) mass is 556 g/mol. The van der Waals surface area contributed by atoms with Gasteiger partial charge in [-0.2, -0.15) is 0 Å². The quantitative estimate of drug-likeness (QED) is 0.431. The molecule has 0 amide bonds. The van der Waals surface area contributed by atoms with Crippen molar-refractivity contribution in [2.24, 2.45) is 22.7 Å². The Hall–Kier alpha value is -2.59. The number of hydrogen-bond acceptors (Lipinski definition) is 9. The van der Waals surface area contributed by atoms with Crippen molar-refractivity contribution in [1.29, 1.82) is 0 Å². The number of fused-ring (bicyclic) bond motifs is 5. The summed E-state index contributed by atoms with van der Waals surface area (Å²) < 4.78 is 30.5. The molecule has 3 aliphatic carbocycles. The van der Waals surface area contributed by atoms with Crippen molar-refractivity contribution < 1.29 is 43.2 Å². The molecule has 0 spiro atoms. The van der Waals surface area contributed by atoms with Gasteiger partial charge in [0.25, 0.3) is 0 Å². The van der Waals surface area contributed by atoms with Crippen LogP contribution in [0.4, 0.5) is 0 Å². The second-order valence-corrected chi connectivity index (χ2v) is 12.5. The second-order valence-electron chi connectivity index (χ2n) is 12.5. The number of carbonyl (C=O) groups excluding carboxylic acids is 3. The molecule has 2 saturated carbocycles. The lowest BCUT2D eigenvalue weighted by Crippen LogP contribution is -2.79. The number of rotatable bonds is 5. The summed E-state index contributed by atoms with van der Waals surface area (Å²) in [6.45, 7) is 9.01. The molecule has 0 radical (unpaired) electrons. The number of ether oxygens (including phenoxy) is 5. The van der Waals surface area contributed by atoms with Gasteiger partial charge in [0.15, 0.2) is 11.4 Å². The van der Waals surface area contributed by atoms with Crippen LogP contribution >= 0.6 is 0 Å². The van der Waals surface area contributed by atoms with Crippen LogP contribution in [-0.2, 0) is 33.3 Å². The fourth-order valence-electron chi connectivity index (χ4n) is 8.24. The molecule has 9 nitrogen and oxygen atoms in total. The number of aliphatic hydroxyl groups excluding tert-OH is 1. The van der Waals surface area contributed by atoms with Crippen molar-refractivity contribution >= 4 is 17.7 Å². The Balaban J connectivity index is 1.80. The lowest BCUT2D eigenvalue weighted by atomic mass is 9.46. The van der Waals surface area contributed by atoms with Gasteiger partial charge in [0.1, 0.15) is 18.3 Å². The Labute approximate surface area is 235 Å². The third-order valence-corrected chi connectivity index (χ3v) is 10.2. The molecular formula is C31H40O9. The van der Waals surface area contributed by atoms with Gasteiger partial charge < -0.3 is 28.8 Å². The second kappa shape index (κ2) is 10.0. The summed E-state index contributed by atoms with van der Waals surface area (Å²) in [4.78, 5) is 41.2. The molecule has 1 saturated heterocycles. The zero-order valence-electron chi connectivity index (χ0n) is 24.3. The fourth-order valence-corrected chi connectivity index (χ4v) is 8.24. The van der Waals surface area contributed by atoms with E-state index in [2.05, 4.69) is 0 Å². The van der Waals surface area contributed by atoms with Crippen molar-refractivity contribution in [1.82, 2.24) is 0 Å². The molecule has 3 fully saturated rings. The van der Waals surface area contributed by atoms with Gasteiger partial charge in [-0.05, 0) is 49.0 Å². The van der Waals surface area contributed by atoms with Gasteiger partial charge in [0.05, 0.1) is 35.7 Å². The molecule has 1 heterocycles. The maximum atomic E-state index is 14.9. The smallest absolute Gasteiger partial charge is 0.338 e. The molecule has 1 aromatic rings. The van der Waals surface area contributed by atoms with Gasteiger partial charge in [0.2, 0.25) is 0 Å². The van der Waals surface area contributed by atoms with E-state index in [9.17, 15) is 19.5 Å². The van der Waals surface area contributed by atoms with E-state index in [1.54, 1.807) is 31.4 Å². The Morgan fingerprint density at radius 1 is 1.05 bits per heavy atom. The minimum absolute atomic E-state index is 0.0513. The topological polar surface area (TPSA) is 118 Å². The van der Waals surface area contributed by atoms with Crippen molar-refractivity contribution in [3.05, 3.63) is 47.0 Å². The molecule has 4 aliphatic rings. The van der Waals surface area contributed by atoms with E-state index in [-0.39, 0.29) is 18.8 Å². The molecule has 40 heavy (non-hydrogen) atoms. The summed E-state index contributed by atoms with van der Waals surface area (Å²) in [5.41, 5.74) is -1.53. The first-order valence-corrected chi connectivity index (χ1v) is 13.9. The summed E-state index contributed by atoms with van der Waals surface area (Å²) in [6.07, 6.45) is -3.38. The standard InChI is InChI=1S/C31H40O9/c1-16-20(33)13-19-24(39-28(35)18-11-9-8-10-12-18)26-30(5,27(34)25(37-7)23(16)29(19,3)4)21(36-6)14-22-31(26,15-38-22)40-17(2)32/h8-12,19-22,24-26,33H,13-15H2,1-7H3/t19-,20?,21?,22?,24+,25?,26-,30+,31-/m0/s1. The number of ketones is 1. The first-order valence-electron chi connectivity index (χ1n) is 13.9. The van der Waals surface area contributed by atoms with E-state index in [0.29, 0.717) is 23.1 Å². The molecule has 4 unspecified atom stereocenters. The highest BCUT2D eigenvalue weighted by molar-refractivity contribution is 5.94. The van der Waals surface area contributed by atoms with Crippen LogP contribution in [0.1, 0.15) is 57.8 Å². The number of carbonyl (C=O) groups is 3. The highest BCUT2D eigenvalue weighted by Crippen LogP contribution is 2.63. The van der Waals surface area contributed by atoms with Crippen molar-refractivity contribution in [3.63, 3.8) is 0 Å². The maximum Gasteiger partial charge on any atom is 0.338 e. The average Bonchev–Trinajstić information content (AvgIpc) is 2.90. The average molecular weight is 557 g/mol. The third kappa shape index (κ3) is 4.00. The predicted octanol–water partition coefficient (Wildman–Crippen LogP) is 3.28. The first-order chi connectivity index (χ1) is 18.8. The number of hydrogen-bond donors (Lipinski definition) is 1. The van der Waals surface area contributed by atoms with Crippen LogP contribution in [0.3, 0.4) is 0 Å². The Kier molecular flexibility index (Phi) is 7.26. The van der Waals surface area contributed by atoms with E-state index in [0.717, 1.165) is 0 Å². The lowest BCUT2D eigenvalue weighted by Gasteiger charge is -2.66. The van der Waals surface area contributed by atoms with E-state index in [1.807, 2.05) is 33.8 Å². The molecule has 2 bridgehead atoms. The van der Waals surface area contributed by atoms with Gasteiger partial charge >= 0.3 is 11.9 Å². The normalized spacial score (nSPS) is 40.1. The molecule has 9 heteroatoms. The first kappa shape index (κ1) is 28.9. The van der Waals surface area contributed by atoms with Crippen LogP contribution < -0.4 is 0 Å². The third-order valence-electron chi connectivity index (χ3n) is 10.2. The van der Waals surface area contributed by atoms with Crippen molar-refractivity contribution in [2.75, 3.05) is 20.8 Å². The Bertz CT molecular complexity index is 1220. The predicted molar refractivity (Wildman–Crippen MR) is 143 cm³/mol. The number of methoxy groups -OCH3 is 2. The number of benzene rings is 1. The molecule has 218 valence electrons. The highest BCUT2D eigenvalue weighted by atomic mass is 16.6. The summed E-state index contributed by atoms with van der Waals surface area (Å²) >= 11 is 0. The SMILES string of the molecule is COC1C(=O)[C@]2(C)C(OC)CC3OC[C@@]3(OC(C)=O)[C@H]2[C@H](OC(=O)c2ccccc2)[C@@H]2CC(O)C(C)=C1C2(C)C. The molecular weight excluding hydrogens is 516 g/mol. The zero-order valence-corrected chi connectivity index (χ0v) is 24.3. The van der Waals surface area contributed by atoms with Crippen molar-refractivity contribution in [2.45, 2.75) is 83.6 Å². The molecule has 1 aromatic carbocycles. The zero-order chi connectivity index (χ0) is 29.2. The van der Waals surface area contributed by atoms with E-state index in [1.165, 1.54) is 14.0 Å². The summed E-state index contributed by atoms with van der Waals surface area (Å²) in [5.74, 6) is -2.63. The van der Waals surface area contributed by atoms with E-state index >= 15 is 0 Å². The van der Waals surface area contributed by atoms with Gasteiger partial charge in [-0.15, -0.1) is 0 Å². The van der Waals surface area contributed by atoms with E-state index in [4.69, 9.17) is 23.7 Å². The summed E-state index contributed by atoms with van der Waals surface area (Å²) in [5, 5.41) is 11.3. The molecule has 5 rings (SSSR count). The van der Waals surface area contributed by atoms with Gasteiger partial charge in [0, 0.05) is 33.5 Å². The minimum atomic E-state index is -1.30. The summed E-state index contributed by atoms with van der Waals surface area (Å²) in [6, 6.07) is 8.65. The number of esters is 2. The molecule has 0 aromatic heterocycles. The number of aliphatic hydroxyl groups is 1. The molecule has 1 aliphatic heterocycles. The lowest BCUT2D eigenvalue weighted by molar-refractivity contribution is -0.337. The van der Waals surface area contributed by atoms with Crippen molar-refractivity contribution in [3.8, 4) is 0 Å². The number of Topliss-reactive ketones (excluding diaryl/α,β-unsaturated/α-hetero) is 1. The summed E-state index contributed by atoms with van der Waals surface area (Å²) in [7, 11) is 3.03. The van der Waals surface area contributed by atoms with Gasteiger partial charge in [-0.25, -0.2) is 4.79 Å². The molecule has 9 atom stereocenters. The van der Waals surface area contributed by atoms with Crippen LogP contribution in [0.25, 0.3) is 0 Å². The molecule has 1 N–H and O–H groups in total. The van der Waals surface area contributed by atoms with Crippen LogP contribution in [0, 0.1) is 22.7 Å². The van der Waals surface area contributed by atoms with Crippen LogP contribution in [0.5, 0.6) is 0 Å². The van der Waals surface area contributed by atoms with Gasteiger partial charge in [-0.3, -0.25) is 9.59 Å². The fraction of sp³-hybridized carbons (Fsp3) is 0.645.